The largest absolute Gasteiger partial charge is 0.321 e. The van der Waals surface area contributed by atoms with Crippen molar-refractivity contribution >= 4 is 11.7 Å². The number of anilines is 1. The van der Waals surface area contributed by atoms with Gasteiger partial charge in [0.15, 0.2) is 0 Å². The molecule has 0 saturated carbocycles. The third-order valence-corrected chi connectivity index (χ3v) is 4.68. The highest BCUT2D eigenvalue weighted by atomic mass is 16.2. The van der Waals surface area contributed by atoms with Crippen LogP contribution >= 0.6 is 0 Å². The highest BCUT2D eigenvalue weighted by Gasteiger charge is 2.35. The molecule has 4 nitrogen and oxygen atoms in total. The lowest BCUT2D eigenvalue weighted by Crippen LogP contribution is -2.62. The predicted molar refractivity (Wildman–Crippen MR) is 85.7 cm³/mol. The van der Waals surface area contributed by atoms with Gasteiger partial charge in [-0.3, -0.25) is 4.90 Å². The third-order valence-electron chi connectivity index (χ3n) is 4.68. The molecule has 1 aromatic carbocycles. The number of urea groups is 1. The van der Waals surface area contributed by atoms with E-state index in [2.05, 4.69) is 23.2 Å². The van der Waals surface area contributed by atoms with Crippen molar-refractivity contribution in [3.8, 4) is 0 Å². The fourth-order valence-corrected chi connectivity index (χ4v) is 3.28. The lowest BCUT2D eigenvalue weighted by molar-refractivity contribution is 0.0493. The molecule has 2 aliphatic heterocycles. The summed E-state index contributed by atoms with van der Waals surface area (Å²) in [4.78, 5) is 16.7. The summed E-state index contributed by atoms with van der Waals surface area (Å²) in [5.41, 5.74) is 3.27. The molecular formula is C17H25N3O. The molecule has 0 atom stereocenters. The minimum Gasteiger partial charge on any atom is -0.321 e. The van der Waals surface area contributed by atoms with Crippen LogP contribution in [0.2, 0.25) is 0 Å². The number of amides is 2. The number of likely N-dealkylation sites (tertiary alicyclic amines) is 2. The topological polar surface area (TPSA) is 35.6 Å². The van der Waals surface area contributed by atoms with E-state index in [-0.39, 0.29) is 6.03 Å². The average molecular weight is 287 g/mol. The highest BCUT2D eigenvalue weighted by molar-refractivity contribution is 5.90. The number of hydrogen-bond donors (Lipinski definition) is 1. The zero-order valence-corrected chi connectivity index (χ0v) is 13.1. The molecule has 2 amide bonds. The van der Waals surface area contributed by atoms with Gasteiger partial charge >= 0.3 is 6.03 Å². The molecule has 1 aromatic rings. The van der Waals surface area contributed by atoms with Crippen LogP contribution in [-0.4, -0.2) is 48.1 Å². The second-order valence-electron chi connectivity index (χ2n) is 6.40. The Hall–Kier alpha value is -1.55. The Morgan fingerprint density at radius 1 is 1.14 bits per heavy atom. The molecular weight excluding hydrogens is 262 g/mol. The number of carbonyl (C=O) groups excluding carboxylic acids is 1. The predicted octanol–water partition coefficient (Wildman–Crippen LogP) is 3.01. The number of nitrogens with zero attached hydrogens (tertiary/aromatic N) is 2. The van der Waals surface area contributed by atoms with Crippen LogP contribution in [0.25, 0.3) is 0 Å². The van der Waals surface area contributed by atoms with E-state index in [0.717, 1.165) is 24.3 Å². The van der Waals surface area contributed by atoms with Crippen molar-refractivity contribution in [1.29, 1.82) is 0 Å². The van der Waals surface area contributed by atoms with E-state index in [4.69, 9.17) is 0 Å². The van der Waals surface area contributed by atoms with Gasteiger partial charge in [0.2, 0.25) is 0 Å². The molecule has 0 spiro atoms. The van der Waals surface area contributed by atoms with E-state index in [1.807, 2.05) is 24.0 Å². The van der Waals surface area contributed by atoms with Crippen molar-refractivity contribution in [2.24, 2.45) is 0 Å². The molecule has 2 fully saturated rings. The maximum atomic E-state index is 12.3. The van der Waals surface area contributed by atoms with Gasteiger partial charge in [-0.15, -0.1) is 0 Å². The Bertz CT molecular complexity index is 517. The van der Waals surface area contributed by atoms with Crippen LogP contribution in [0.5, 0.6) is 0 Å². The van der Waals surface area contributed by atoms with Gasteiger partial charge < -0.3 is 10.2 Å². The van der Waals surface area contributed by atoms with Crippen molar-refractivity contribution in [2.45, 2.75) is 39.2 Å². The quantitative estimate of drug-likeness (QED) is 0.907. The first kappa shape index (κ1) is 14.4. The summed E-state index contributed by atoms with van der Waals surface area (Å²) in [6, 6.07) is 6.74. The lowest BCUT2D eigenvalue weighted by Gasteiger charge is -2.46. The molecule has 114 valence electrons. The number of benzene rings is 1. The van der Waals surface area contributed by atoms with Crippen LogP contribution in [0.3, 0.4) is 0 Å². The minimum atomic E-state index is 0.0372. The second kappa shape index (κ2) is 6.06. The van der Waals surface area contributed by atoms with Crippen LogP contribution in [0, 0.1) is 13.8 Å². The van der Waals surface area contributed by atoms with E-state index in [0.29, 0.717) is 6.04 Å². The Morgan fingerprint density at radius 2 is 1.86 bits per heavy atom. The number of nitrogens with one attached hydrogen (secondary N) is 1. The van der Waals surface area contributed by atoms with Crippen LogP contribution in [0.1, 0.15) is 30.4 Å². The first-order chi connectivity index (χ1) is 10.1. The first-order valence-electron chi connectivity index (χ1n) is 8.01. The first-order valence-corrected chi connectivity index (χ1v) is 8.01. The number of carbonyl (C=O) groups is 1. The van der Waals surface area contributed by atoms with Crippen LogP contribution in [-0.2, 0) is 0 Å². The summed E-state index contributed by atoms with van der Waals surface area (Å²) in [7, 11) is 0. The van der Waals surface area contributed by atoms with Crippen molar-refractivity contribution in [2.75, 3.05) is 31.5 Å². The molecule has 21 heavy (non-hydrogen) atoms. The molecule has 2 aliphatic rings. The molecule has 0 unspecified atom stereocenters. The maximum Gasteiger partial charge on any atom is 0.321 e. The van der Waals surface area contributed by atoms with Crippen molar-refractivity contribution in [1.82, 2.24) is 9.80 Å². The molecule has 1 N–H and O–H groups in total. The van der Waals surface area contributed by atoms with Crippen LogP contribution in [0.15, 0.2) is 18.2 Å². The fourth-order valence-electron chi connectivity index (χ4n) is 3.28. The van der Waals surface area contributed by atoms with Gasteiger partial charge in [-0.05, 0) is 51.4 Å². The summed E-state index contributed by atoms with van der Waals surface area (Å²) in [6.07, 6.45) is 3.98. The number of aryl methyl sites for hydroxylation is 2. The number of piperidine rings is 1. The van der Waals surface area contributed by atoms with Gasteiger partial charge in [0, 0.05) is 24.8 Å². The summed E-state index contributed by atoms with van der Waals surface area (Å²) in [6.45, 7) is 8.26. The van der Waals surface area contributed by atoms with E-state index in [1.165, 1.54) is 37.9 Å². The summed E-state index contributed by atoms with van der Waals surface area (Å²) in [5.74, 6) is 0. The van der Waals surface area contributed by atoms with E-state index >= 15 is 0 Å². The van der Waals surface area contributed by atoms with Crippen molar-refractivity contribution < 1.29 is 4.79 Å². The standard InChI is InChI=1S/C17H25N3O/c1-13-6-7-16(14(2)10-13)18-17(21)20-11-15(12-20)19-8-4-3-5-9-19/h6-7,10,15H,3-5,8-9,11-12H2,1-2H3,(H,18,21). The summed E-state index contributed by atoms with van der Waals surface area (Å²) >= 11 is 0. The van der Waals surface area contributed by atoms with E-state index in [1.54, 1.807) is 0 Å². The number of rotatable bonds is 2. The normalized spacial score (nSPS) is 20.2. The molecule has 2 heterocycles. The van der Waals surface area contributed by atoms with E-state index in [9.17, 15) is 4.79 Å². The monoisotopic (exact) mass is 287 g/mol. The Kier molecular flexibility index (Phi) is 4.15. The zero-order chi connectivity index (χ0) is 14.8. The van der Waals surface area contributed by atoms with Gasteiger partial charge in [-0.1, -0.05) is 24.1 Å². The SMILES string of the molecule is Cc1ccc(NC(=O)N2CC(N3CCCCC3)C2)c(C)c1. The molecule has 0 bridgehead atoms. The summed E-state index contributed by atoms with van der Waals surface area (Å²) in [5, 5.41) is 3.03. The highest BCUT2D eigenvalue weighted by Crippen LogP contribution is 2.22. The molecule has 2 saturated heterocycles. The molecule has 3 rings (SSSR count). The molecule has 0 aromatic heterocycles. The number of hydrogen-bond acceptors (Lipinski definition) is 2. The Morgan fingerprint density at radius 3 is 2.52 bits per heavy atom. The van der Waals surface area contributed by atoms with Gasteiger partial charge in [0.1, 0.15) is 0 Å². The van der Waals surface area contributed by atoms with Crippen LogP contribution in [0.4, 0.5) is 10.5 Å². The van der Waals surface area contributed by atoms with Gasteiger partial charge in [-0.25, -0.2) is 4.79 Å². The van der Waals surface area contributed by atoms with Crippen LogP contribution < -0.4 is 5.32 Å². The molecule has 4 heteroatoms. The molecule has 0 aliphatic carbocycles. The zero-order valence-electron chi connectivity index (χ0n) is 13.1. The third kappa shape index (κ3) is 3.21. The maximum absolute atomic E-state index is 12.3. The van der Waals surface area contributed by atoms with Gasteiger partial charge in [0.05, 0.1) is 0 Å². The van der Waals surface area contributed by atoms with E-state index < -0.39 is 0 Å². The van der Waals surface area contributed by atoms with Crippen molar-refractivity contribution in [3.63, 3.8) is 0 Å². The smallest absolute Gasteiger partial charge is 0.321 e. The lowest BCUT2D eigenvalue weighted by atomic mass is 10.0. The van der Waals surface area contributed by atoms with Crippen molar-refractivity contribution in [3.05, 3.63) is 29.3 Å². The average Bonchev–Trinajstić information content (AvgIpc) is 2.41. The Balaban J connectivity index is 1.51. The summed E-state index contributed by atoms with van der Waals surface area (Å²) < 4.78 is 0. The Labute approximate surface area is 127 Å². The van der Waals surface area contributed by atoms with Gasteiger partial charge in [0.25, 0.3) is 0 Å². The second-order valence-corrected chi connectivity index (χ2v) is 6.40. The minimum absolute atomic E-state index is 0.0372. The van der Waals surface area contributed by atoms with Gasteiger partial charge in [-0.2, -0.15) is 0 Å². The fraction of sp³-hybridized carbons (Fsp3) is 0.588. The molecule has 0 radical (unpaired) electrons.